The van der Waals surface area contributed by atoms with Crippen LogP contribution in [0.25, 0.3) is 0 Å². The van der Waals surface area contributed by atoms with Crippen LogP contribution in [0.4, 0.5) is 0 Å². The third-order valence-electron chi connectivity index (χ3n) is 4.22. The number of unbranched alkanes of at least 4 members (excludes halogenated alkanes) is 2. The number of carbonyl (C=O) groups is 1. The van der Waals surface area contributed by atoms with Crippen LogP contribution in [0.3, 0.4) is 0 Å². The van der Waals surface area contributed by atoms with E-state index in [1.807, 2.05) is 0 Å². The van der Waals surface area contributed by atoms with Crippen LogP contribution >= 0.6 is 34.8 Å². The number of sulfonamides is 1. The summed E-state index contributed by atoms with van der Waals surface area (Å²) in [4.78, 5) is 12.4. The normalized spacial score (nSPS) is 11.6. The van der Waals surface area contributed by atoms with Gasteiger partial charge >= 0.3 is 0 Å². The predicted molar refractivity (Wildman–Crippen MR) is 118 cm³/mol. The molecule has 0 heterocycles. The van der Waals surface area contributed by atoms with Crippen molar-refractivity contribution in [1.29, 1.82) is 0 Å². The first-order valence-corrected chi connectivity index (χ1v) is 11.8. The van der Waals surface area contributed by atoms with Gasteiger partial charge in [-0.2, -0.15) is 4.31 Å². The lowest BCUT2D eigenvalue weighted by atomic mass is 10.2. The minimum atomic E-state index is -3.93. The second kappa shape index (κ2) is 11.2. The average molecular weight is 478 g/mol. The van der Waals surface area contributed by atoms with Crippen molar-refractivity contribution in [2.24, 2.45) is 0 Å². The Balaban J connectivity index is 2.25. The Morgan fingerprint density at radius 3 is 2.31 bits per heavy atom. The zero-order valence-corrected chi connectivity index (χ0v) is 19.1. The molecule has 29 heavy (non-hydrogen) atoms. The highest BCUT2D eigenvalue weighted by Crippen LogP contribution is 2.25. The number of hydrogen-bond donors (Lipinski definition) is 1. The van der Waals surface area contributed by atoms with Crippen molar-refractivity contribution in [2.75, 3.05) is 13.1 Å². The predicted octanol–water partition coefficient (Wildman–Crippen LogP) is 5.14. The van der Waals surface area contributed by atoms with Gasteiger partial charge in [-0.15, -0.1) is 0 Å². The van der Waals surface area contributed by atoms with Gasteiger partial charge in [0.2, 0.25) is 15.9 Å². The van der Waals surface area contributed by atoms with Gasteiger partial charge in [-0.25, -0.2) is 8.42 Å². The summed E-state index contributed by atoms with van der Waals surface area (Å²) in [5.41, 5.74) is 0.621. The molecule has 0 saturated heterocycles. The first-order valence-electron chi connectivity index (χ1n) is 9.20. The summed E-state index contributed by atoms with van der Waals surface area (Å²) in [6, 6.07) is 10.7. The molecule has 1 amide bonds. The van der Waals surface area contributed by atoms with E-state index in [0.29, 0.717) is 27.2 Å². The summed E-state index contributed by atoms with van der Waals surface area (Å²) >= 11 is 17.9. The zero-order valence-electron chi connectivity index (χ0n) is 16.0. The van der Waals surface area contributed by atoms with Crippen molar-refractivity contribution < 1.29 is 13.2 Å². The van der Waals surface area contributed by atoms with Crippen LogP contribution in [0.2, 0.25) is 15.1 Å². The summed E-state index contributed by atoms with van der Waals surface area (Å²) in [6.07, 6.45) is 2.87. The third kappa shape index (κ3) is 7.15. The van der Waals surface area contributed by atoms with Gasteiger partial charge < -0.3 is 5.32 Å². The number of halogens is 3. The van der Waals surface area contributed by atoms with Crippen molar-refractivity contribution in [2.45, 2.75) is 37.6 Å². The molecule has 2 aromatic rings. The van der Waals surface area contributed by atoms with E-state index in [1.54, 1.807) is 18.2 Å². The van der Waals surface area contributed by atoms with Gasteiger partial charge in [-0.05, 0) is 48.4 Å². The molecule has 5 nitrogen and oxygen atoms in total. The highest BCUT2D eigenvalue weighted by Gasteiger charge is 2.27. The smallest absolute Gasteiger partial charge is 0.243 e. The molecule has 0 aliphatic heterocycles. The van der Waals surface area contributed by atoms with E-state index in [0.717, 1.165) is 23.6 Å². The lowest BCUT2D eigenvalue weighted by molar-refractivity contribution is -0.121. The number of rotatable bonds is 10. The lowest BCUT2D eigenvalue weighted by Gasteiger charge is -2.22. The maximum absolute atomic E-state index is 13.2. The molecule has 0 fully saturated rings. The Morgan fingerprint density at radius 1 is 1.00 bits per heavy atom. The van der Waals surface area contributed by atoms with Crippen LogP contribution in [-0.4, -0.2) is 31.7 Å². The molecule has 0 atom stereocenters. The Bertz CT molecular complexity index is 934. The molecule has 2 rings (SSSR count). The molecule has 0 unspecified atom stereocenters. The Morgan fingerprint density at radius 2 is 1.69 bits per heavy atom. The minimum Gasteiger partial charge on any atom is -0.355 e. The van der Waals surface area contributed by atoms with Gasteiger partial charge in [0.1, 0.15) is 0 Å². The Kier molecular flexibility index (Phi) is 9.24. The number of nitrogens with one attached hydrogen (secondary N) is 1. The lowest BCUT2D eigenvalue weighted by Crippen LogP contribution is -2.40. The second-order valence-corrected chi connectivity index (χ2v) is 9.72. The third-order valence-corrected chi connectivity index (χ3v) is 7.01. The fourth-order valence-corrected chi connectivity index (χ4v) is 4.47. The van der Waals surface area contributed by atoms with Crippen LogP contribution in [0.5, 0.6) is 0 Å². The number of benzene rings is 2. The van der Waals surface area contributed by atoms with E-state index in [4.69, 9.17) is 34.8 Å². The first-order chi connectivity index (χ1) is 13.7. The van der Waals surface area contributed by atoms with Crippen LogP contribution in [-0.2, 0) is 21.4 Å². The van der Waals surface area contributed by atoms with Gasteiger partial charge in [-0.3, -0.25) is 4.79 Å². The summed E-state index contributed by atoms with van der Waals surface area (Å²) in [5, 5.41) is 3.89. The first kappa shape index (κ1) is 24.0. The molecule has 0 aliphatic rings. The standard InChI is InChI=1S/C20H23Cl3N2O3S/c1-2-3-4-11-24-20(26)14-25(13-15-5-10-18(22)19(23)12-15)29(27,28)17-8-6-16(21)7-9-17/h5-10,12H,2-4,11,13-14H2,1H3,(H,24,26). The largest absolute Gasteiger partial charge is 0.355 e. The fraction of sp³-hybridized carbons (Fsp3) is 0.350. The van der Waals surface area contributed by atoms with Crippen LogP contribution in [0.1, 0.15) is 31.7 Å². The summed E-state index contributed by atoms with van der Waals surface area (Å²) < 4.78 is 27.4. The van der Waals surface area contributed by atoms with Gasteiger partial charge in [0.15, 0.2) is 0 Å². The summed E-state index contributed by atoms with van der Waals surface area (Å²) in [6.45, 7) is 2.25. The minimum absolute atomic E-state index is 0.0236. The van der Waals surface area contributed by atoms with Crippen molar-refractivity contribution in [3.05, 3.63) is 63.1 Å². The Hall–Kier alpha value is -1.31. The fourth-order valence-electron chi connectivity index (χ4n) is 2.64. The maximum atomic E-state index is 13.2. The summed E-state index contributed by atoms with van der Waals surface area (Å²) in [7, 11) is -3.93. The van der Waals surface area contributed by atoms with E-state index in [9.17, 15) is 13.2 Å². The van der Waals surface area contributed by atoms with Crippen molar-refractivity contribution >= 4 is 50.7 Å². The number of amides is 1. The van der Waals surface area contributed by atoms with Crippen molar-refractivity contribution in [1.82, 2.24) is 9.62 Å². The topological polar surface area (TPSA) is 66.5 Å². The second-order valence-electron chi connectivity index (χ2n) is 6.53. The molecule has 2 aromatic carbocycles. The molecule has 0 aliphatic carbocycles. The summed E-state index contributed by atoms with van der Waals surface area (Å²) in [5.74, 6) is -0.362. The molecule has 0 spiro atoms. The molecule has 0 saturated carbocycles. The molecular weight excluding hydrogens is 455 g/mol. The van der Waals surface area contributed by atoms with Gasteiger partial charge in [0.05, 0.1) is 21.5 Å². The molecular formula is C20H23Cl3N2O3S. The highest BCUT2D eigenvalue weighted by atomic mass is 35.5. The van der Waals surface area contributed by atoms with Gasteiger partial charge in [-0.1, -0.05) is 60.6 Å². The van der Waals surface area contributed by atoms with Gasteiger partial charge in [0.25, 0.3) is 0 Å². The molecule has 1 N–H and O–H groups in total. The Labute approximate surface area is 187 Å². The monoisotopic (exact) mass is 476 g/mol. The van der Waals surface area contributed by atoms with E-state index in [-0.39, 0.29) is 23.9 Å². The molecule has 0 bridgehead atoms. The SMILES string of the molecule is CCCCCNC(=O)CN(Cc1ccc(Cl)c(Cl)c1)S(=O)(=O)c1ccc(Cl)cc1. The molecule has 9 heteroatoms. The molecule has 0 aromatic heterocycles. The quantitative estimate of drug-likeness (QED) is 0.482. The highest BCUT2D eigenvalue weighted by molar-refractivity contribution is 7.89. The van der Waals surface area contributed by atoms with Crippen molar-refractivity contribution in [3.8, 4) is 0 Å². The van der Waals surface area contributed by atoms with E-state index in [1.165, 1.54) is 24.3 Å². The molecule has 0 radical (unpaired) electrons. The maximum Gasteiger partial charge on any atom is 0.243 e. The molecule has 158 valence electrons. The van der Waals surface area contributed by atoms with E-state index in [2.05, 4.69) is 12.2 Å². The number of carbonyl (C=O) groups excluding carboxylic acids is 1. The number of hydrogen-bond acceptors (Lipinski definition) is 3. The average Bonchev–Trinajstić information content (AvgIpc) is 2.68. The van der Waals surface area contributed by atoms with Crippen LogP contribution in [0.15, 0.2) is 47.4 Å². The van der Waals surface area contributed by atoms with Crippen LogP contribution < -0.4 is 5.32 Å². The zero-order chi connectivity index (χ0) is 21.4. The van der Waals surface area contributed by atoms with Crippen molar-refractivity contribution in [3.63, 3.8) is 0 Å². The van der Waals surface area contributed by atoms with E-state index < -0.39 is 10.0 Å². The van der Waals surface area contributed by atoms with Gasteiger partial charge in [0, 0.05) is 18.1 Å². The van der Waals surface area contributed by atoms with Crippen LogP contribution in [0, 0.1) is 0 Å². The number of nitrogens with zero attached hydrogens (tertiary/aromatic N) is 1. The van der Waals surface area contributed by atoms with E-state index >= 15 is 0 Å².